The smallest absolute Gasteiger partial charge is 0.304 e. The first-order chi connectivity index (χ1) is 4.83. The lowest BCUT2D eigenvalue weighted by molar-refractivity contribution is 0.0432. The maximum atomic E-state index is 10.6. The van der Waals surface area contributed by atoms with Crippen molar-refractivity contribution in [2.75, 3.05) is 20.3 Å². The van der Waals surface area contributed by atoms with Gasteiger partial charge in [-0.1, -0.05) is 0 Å². The monoisotopic (exact) mass is 166 g/mol. The Morgan fingerprint density at radius 2 is 2.60 bits per heavy atom. The number of ether oxygens (including phenoxy) is 1. The Labute approximate surface area is 62.3 Å². The van der Waals surface area contributed by atoms with Gasteiger partial charge in [-0.3, -0.25) is 8.37 Å². The highest BCUT2D eigenvalue weighted by Gasteiger charge is 2.19. The van der Waals surface area contributed by atoms with Crippen LogP contribution in [0.2, 0.25) is 0 Å². The molecule has 0 N–H and O–H groups in total. The van der Waals surface area contributed by atoms with E-state index in [2.05, 4.69) is 4.18 Å². The third kappa shape index (κ3) is 2.34. The van der Waals surface area contributed by atoms with Crippen LogP contribution >= 0.6 is 0 Å². The molecule has 0 bridgehead atoms. The van der Waals surface area contributed by atoms with Gasteiger partial charge in [0.1, 0.15) is 6.10 Å². The summed E-state index contributed by atoms with van der Waals surface area (Å²) in [5.74, 6) is 0. The van der Waals surface area contributed by atoms with Crippen molar-refractivity contribution in [3.8, 4) is 0 Å². The molecule has 60 valence electrons. The van der Waals surface area contributed by atoms with Gasteiger partial charge in [0.15, 0.2) is 0 Å². The van der Waals surface area contributed by atoms with Crippen LogP contribution in [0.4, 0.5) is 0 Å². The quantitative estimate of drug-likeness (QED) is 0.580. The van der Waals surface area contributed by atoms with Crippen LogP contribution < -0.4 is 0 Å². The Balaban J connectivity index is 2.25. The molecule has 0 radical (unpaired) electrons. The highest BCUT2D eigenvalue weighted by Crippen LogP contribution is 2.09. The van der Waals surface area contributed by atoms with Crippen molar-refractivity contribution in [2.24, 2.45) is 0 Å². The van der Waals surface area contributed by atoms with E-state index >= 15 is 0 Å². The predicted molar refractivity (Wildman–Crippen MR) is 35.5 cm³/mol. The first kappa shape index (κ1) is 8.13. The molecule has 1 aliphatic heterocycles. The van der Waals surface area contributed by atoms with Crippen LogP contribution in [-0.2, 0) is 24.5 Å². The van der Waals surface area contributed by atoms with Gasteiger partial charge in [0.25, 0.3) is 0 Å². The van der Waals surface area contributed by atoms with Crippen molar-refractivity contribution in [1.82, 2.24) is 0 Å². The molecule has 10 heavy (non-hydrogen) atoms. The van der Waals surface area contributed by atoms with Gasteiger partial charge in [-0.05, 0) is 0 Å². The van der Waals surface area contributed by atoms with Crippen LogP contribution in [0, 0.1) is 0 Å². The third-order valence-corrected chi connectivity index (χ3v) is 1.98. The zero-order valence-electron chi connectivity index (χ0n) is 5.74. The van der Waals surface area contributed by atoms with E-state index in [0.29, 0.717) is 13.2 Å². The molecule has 1 rings (SSSR count). The van der Waals surface area contributed by atoms with Crippen LogP contribution in [0.25, 0.3) is 0 Å². The fourth-order valence-electron chi connectivity index (χ4n) is 0.732. The van der Waals surface area contributed by atoms with Crippen LogP contribution in [-0.4, -0.2) is 30.6 Å². The van der Waals surface area contributed by atoms with Crippen molar-refractivity contribution in [3.63, 3.8) is 0 Å². The number of rotatable bonds is 2. The van der Waals surface area contributed by atoms with Gasteiger partial charge in [0.05, 0.1) is 13.2 Å². The van der Waals surface area contributed by atoms with Crippen LogP contribution in [0.3, 0.4) is 0 Å². The molecule has 5 heteroatoms. The van der Waals surface area contributed by atoms with Gasteiger partial charge in [-0.25, -0.2) is 0 Å². The zero-order valence-corrected chi connectivity index (χ0v) is 6.56. The topological polar surface area (TPSA) is 44.8 Å². The van der Waals surface area contributed by atoms with Crippen molar-refractivity contribution < 1.29 is 17.3 Å². The average molecular weight is 166 g/mol. The van der Waals surface area contributed by atoms with Crippen molar-refractivity contribution in [2.45, 2.75) is 12.5 Å². The van der Waals surface area contributed by atoms with Crippen LogP contribution in [0.5, 0.6) is 0 Å². The molecular weight excluding hydrogens is 156 g/mol. The minimum atomic E-state index is -1.55. The Bertz CT molecular complexity index is 125. The largest absolute Gasteiger partial charge is 0.382 e. The third-order valence-electron chi connectivity index (χ3n) is 1.19. The number of hydrogen-bond donors (Lipinski definition) is 0. The lowest BCUT2D eigenvalue weighted by Gasteiger charge is -2.19. The average Bonchev–Trinajstić information content (AvgIpc) is 1.88. The minimum Gasteiger partial charge on any atom is -0.382 e. The van der Waals surface area contributed by atoms with E-state index < -0.39 is 11.4 Å². The van der Waals surface area contributed by atoms with E-state index in [1.54, 1.807) is 7.11 Å². The summed E-state index contributed by atoms with van der Waals surface area (Å²) >= 11 is -1.55. The SMILES string of the molecule is COCC1CCOS(=O)O1. The molecule has 0 aromatic heterocycles. The van der Waals surface area contributed by atoms with Gasteiger partial charge in [-0.2, -0.15) is 4.21 Å². The summed E-state index contributed by atoms with van der Waals surface area (Å²) in [6.45, 7) is 0.968. The zero-order chi connectivity index (χ0) is 7.40. The molecule has 0 spiro atoms. The first-order valence-electron chi connectivity index (χ1n) is 3.04. The maximum Gasteiger partial charge on any atom is 0.304 e. The molecule has 0 aromatic rings. The summed E-state index contributed by atoms with van der Waals surface area (Å²) in [4.78, 5) is 0. The molecule has 4 nitrogen and oxygen atoms in total. The summed E-state index contributed by atoms with van der Waals surface area (Å²) < 4.78 is 24.9. The first-order valence-corrected chi connectivity index (χ1v) is 4.04. The normalized spacial score (nSPS) is 34.1. The van der Waals surface area contributed by atoms with Crippen molar-refractivity contribution in [3.05, 3.63) is 0 Å². The number of methoxy groups -OCH3 is 1. The summed E-state index contributed by atoms with van der Waals surface area (Å²) in [7, 11) is 1.59. The molecule has 0 aromatic carbocycles. The highest BCUT2D eigenvalue weighted by atomic mass is 32.2. The van der Waals surface area contributed by atoms with Crippen molar-refractivity contribution >= 4 is 11.4 Å². The van der Waals surface area contributed by atoms with Crippen LogP contribution in [0.1, 0.15) is 6.42 Å². The Kier molecular flexibility index (Phi) is 3.27. The van der Waals surface area contributed by atoms with Gasteiger partial charge < -0.3 is 4.74 Å². The Morgan fingerprint density at radius 3 is 3.20 bits per heavy atom. The molecule has 2 unspecified atom stereocenters. The van der Waals surface area contributed by atoms with E-state index in [4.69, 9.17) is 8.92 Å². The predicted octanol–water partition coefficient (Wildman–Crippen LogP) is 0.0170. The van der Waals surface area contributed by atoms with E-state index in [0.717, 1.165) is 6.42 Å². The standard InChI is InChI=1S/C5H10O4S/c1-7-4-5-2-3-8-10(6)9-5/h5H,2-4H2,1H3. The molecule has 1 heterocycles. The molecule has 2 atom stereocenters. The fraction of sp³-hybridized carbons (Fsp3) is 1.00. The van der Waals surface area contributed by atoms with E-state index in [1.807, 2.05) is 0 Å². The Morgan fingerprint density at radius 1 is 1.80 bits per heavy atom. The van der Waals surface area contributed by atoms with Gasteiger partial charge in [-0.15, -0.1) is 0 Å². The summed E-state index contributed by atoms with van der Waals surface area (Å²) in [5.41, 5.74) is 0. The van der Waals surface area contributed by atoms with Crippen LogP contribution in [0.15, 0.2) is 0 Å². The molecule has 0 aliphatic carbocycles. The second-order valence-electron chi connectivity index (χ2n) is 1.99. The molecule has 1 fully saturated rings. The Hall–Kier alpha value is 0.0300. The van der Waals surface area contributed by atoms with Gasteiger partial charge >= 0.3 is 11.4 Å². The van der Waals surface area contributed by atoms with Crippen molar-refractivity contribution in [1.29, 1.82) is 0 Å². The highest BCUT2D eigenvalue weighted by molar-refractivity contribution is 7.75. The molecule has 0 amide bonds. The number of hydrogen-bond acceptors (Lipinski definition) is 4. The second-order valence-corrected chi connectivity index (χ2v) is 2.82. The maximum absolute atomic E-state index is 10.6. The molecule has 0 saturated carbocycles. The molecule has 1 saturated heterocycles. The van der Waals surface area contributed by atoms with E-state index in [9.17, 15) is 4.21 Å². The molecular formula is C5H10O4S. The summed E-state index contributed by atoms with van der Waals surface area (Å²) in [6, 6.07) is 0. The fourth-order valence-corrected chi connectivity index (χ4v) is 1.39. The summed E-state index contributed by atoms with van der Waals surface area (Å²) in [6.07, 6.45) is 0.680. The lowest BCUT2D eigenvalue weighted by Crippen LogP contribution is -2.27. The van der Waals surface area contributed by atoms with E-state index in [-0.39, 0.29) is 6.10 Å². The summed E-state index contributed by atoms with van der Waals surface area (Å²) in [5, 5.41) is 0. The van der Waals surface area contributed by atoms with E-state index in [1.165, 1.54) is 0 Å². The minimum absolute atomic E-state index is 0.0698. The van der Waals surface area contributed by atoms with Gasteiger partial charge in [0, 0.05) is 13.5 Å². The molecule has 1 aliphatic rings. The second kappa shape index (κ2) is 4.02. The lowest BCUT2D eigenvalue weighted by atomic mass is 10.3. The van der Waals surface area contributed by atoms with Gasteiger partial charge in [0.2, 0.25) is 0 Å².